The molecule has 1 aliphatic rings. The smallest absolute Gasteiger partial charge is 0.240 e. The number of aromatic nitrogens is 2. The van der Waals surface area contributed by atoms with Crippen molar-refractivity contribution in [2.24, 2.45) is 0 Å². The highest BCUT2D eigenvalue weighted by molar-refractivity contribution is 7.89. The maximum atomic E-state index is 12.7. The molecule has 0 aliphatic heterocycles. The van der Waals surface area contributed by atoms with Crippen LogP contribution in [0.3, 0.4) is 0 Å². The molecule has 0 saturated heterocycles. The fraction of sp³-hybridized carbons (Fsp3) is 0.360. The van der Waals surface area contributed by atoms with Crippen LogP contribution in [0.1, 0.15) is 47.3 Å². The van der Waals surface area contributed by atoms with Crippen LogP contribution in [0, 0.1) is 13.8 Å². The Morgan fingerprint density at radius 2 is 1.76 bits per heavy atom. The van der Waals surface area contributed by atoms with Gasteiger partial charge in [-0.05, 0) is 74.9 Å². The number of fused-ring (bicyclic) bond motifs is 1. The molecule has 0 bridgehead atoms. The van der Waals surface area contributed by atoms with Crippen LogP contribution in [0.2, 0.25) is 0 Å². The van der Waals surface area contributed by atoms with Crippen molar-refractivity contribution in [1.82, 2.24) is 19.8 Å². The van der Waals surface area contributed by atoms with Gasteiger partial charge < -0.3 is 5.32 Å². The van der Waals surface area contributed by atoms with Gasteiger partial charge in [0.05, 0.1) is 16.3 Å². The minimum atomic E-state index is -3.64. The Hall–Kier alpha value is -2.97. The number of nitrogens with one attached hydrogen (secondary N) is 2. The fourth-order valence-electron chi connectivity index (χ4n) is 4.29. The Labute approximate surface area is 195 Å². The number of hydrogen-bond donors (Lipinski definition) is 2. The van der Waals surface area contributed by atoms with Crippen LogP contribution in [0.5, 0.6) is 0 Å². The lowest BCUT2D eigenvalue weighted by atomic mass is 9.92. The minimum Gasteiger partial charge on any atom is -0.352 e. The third kappa shape index (κ3) is 5.34. The predicted molar refractivity (Wildman–Crippen MR) is 128 cm³/mol. The highest BCUT2D eigenvalue weighted by Gasteiger charge is 2.18. The second-order valence-electron chi connectivity index (χ2n) is 8.46. The molecule has 174 valence electrons. The molecule has 3 aromatic rings. The van der Waals surface area contributed by atoms with E-state index in [2.05, 4.69) is 15.1 Å². The first kappa shape index (κ1) is 23.2. The van der Waals surface area contributed by atoms with E-state index in [-0.39, 0.29) is 23.8 Å². The van der Waals surface area contributed by atoms with Crippen molar-refractivity contribution in [2.45, 2.75) is 57.4 Å². The summed E-state index contributed by atoms with van der Waals surface area (Å²) in [7, 11) is -3.64. The number of benzene rings is 2. The van der Waals surface area contributed by atoms with E-state index in [0.29, 0.717) is 6.54 Å². The quantitative estimate of drug-likeness (QED) is 0.532. The summed E-state index contributed by atoms with van der Waals surface area (Å²) in [6.45, 7) is 4.29. The average molecular weight is 467 g/mol. The van der Waals surface area contributed by atoms with Crippen LogP contribution in [0.15, 0.2) is 53.4 Å². The molecule has 4 rings (SSSR count). The van der Waals surface area contributed by atoms with Crippen LogP contribution in [-0.4, -0.2) is 30.7 Å². The molecule has 2 N–H and O–H groups in total. The third-order valence-corrected chi connectivity index (χ3v) is 7.64. The summed E-state index contributed by atoms with van der Waals surface area (Å²) in [6.07, 6.45) is 4.23. The first-order chi connectivity index (χ1) is 15.8. The maximum absolute atomic E-state index is 12.7. The minimum absolute atomic E-state index is 0.0481. The molecule has 33 heavy (non-hydrogen) atoms. The van der Waals surface area contributed by atoms with Crippen molar-refractivity contribution in [2.75, 3.05) is 6.54 Å². The van der Waals surface area contributed by atoms with E-state index >= 15 is 0 Å². The maximum Gasteiger partial charge on any atom is 0.240 e. The monoisotopic (exact) mass is 466 g/mol. The van der Waals surface area contributed by atoms with Crippen LogP contribution >= 0.6 is 0 Å². The zero-order chi connectivity index (χ0) is 23.4. The van der Waals surface area contributed by atoms with Crippen molar-refractivity contribution in [3.8, 4) is 5.69 Å². The van der Waals surface area contributed by atoms with E-state index in [1.807, 2.05) is 54.9 Å². The Kier molecular flexibility index (Phi) is 6.95. The summed E-state index contributed by atoms with van der Waals surface area (Å²) in [5.41, 5.74) is 6.09. The number of carbonyl (C=O) groups is 1. The van der Waals surface area contributed by atoms with E-state index in [1.165, 1.54) is 5.56 Å². The SMILES string of the molecule is Cc1nn(-c2ccccc2)c(C)c1CNC(=O)CCNS(=O)(=O)c1ccc2c(c1)CCCC2. The Morgan fingerprint density at radius 3 is 2.52 bits per heavy atom. The molecule has 0 spiro atoms. The first-order valence-corrected chi connectivity index (χ1v) is 12.8. The standard InChI is InChI=1S/C25H30N4O3S/c1-18-24(19(2)29(28-18)22-10-4-3-5-11-22)17-26-25(30)14-15-27-33(31,32)23-13-12-20-8-6-7-9-21(20)16-23/h3-5,10-13,16,27H,6-9,14-15,17H2,1-2H3,(H,26,30). The van der Waals surface area contributed by atoms with Gasteiger partial charge in [0, 0.05) is 30.8 Å². The van der Waals surface area contributed by atoms with Crippen LogP contribution in [0.4, 0.5) is 0 Å². The number of aryl methyl sites for hydroxylation is 3. The molecule has 1 amide bonds. The van der Waals surface area contributed by atoms with E-state index in [4.69, 9.17) is 0 Å². The normalized spacial score (nSPS) is 13.5. The second-order valence-corrected chi connectivity index (χ2v) is 10.2. The number of rotatable bonds is 8. The Bertz CT molecular complexity index is 1250. The number of para-hydroxylation sites is 1. The fourth-order valence-corrected chi connectivity index (χ4v) is 5.37. The van der Waals surface area contributed by atoms with Gasteiger partial charge in [0.25, 0.3) is 0 Å². The molecule has 0 unspecified atom stereocenters. The molecule has 1 aliphatic carbocycles. The molecule has 8 heteroatoms. The number of carbonyl (C=O) groups excluding carboxylic acids is 1. The lowest BCUT2D eigenvalue weighted by molar-refractivity contribution is -0.121. The summed E-state index contributed by atoms with van der Waals surface area (Å²) in [5.74, 6) is -0.214. The van der Waals surface area contributed by atoms with Crippen molar-refractivity contribution in [3.63, 3.8) is 0 Å². The van der Waals surface area contributed by atoms with Gasteiger partial charge in [-0.25, -0.2) is 17.8 Å². The van der Waals surface area contributed by atoms with Gasteiger partial charge >= 0.3 is 0 Å². The first-order valence-electron chi connectivity index (χ1n) is 11.3. The summed E-state index contributed by atoms with van der Waals surface area (Å²) < 4.78 is 29.7. The number of sulfonamides is 1. The summed E-state index contributed by atoms with van der Waals surface area (Å²) in [4.78, 5) is 12.6. The Balaban J connectivity index is 1.31. The molecule has 0 atom stereocenters. The highest BCUT2D eigenvalue weighted by atomic mass is 32.2. The van der Waals surface area contributed by atoms with E-state index in [9.17, 15) is 13.2 Å². The van der Waals surface area contributed by atoms with E-state index in [1.54, 1.807) is 12.1 Å². The lowest BCUT2D eigenvalue weighted by Crippen LogP contribution is -2.31. The van der Waals surface area contributed by atoms with E-state index < -0.39 is 10.0 Å². The predicted octanol–water partition coefficient (Wildman–Crippen LogP) is 3.35. The lowest BCUT2D eigenvalue weighted by Gasteiger charge is -2.16. The van der Waals surface area contributed by atoms with Gasteiger partial charge in [0.15, 0.2) is 0 Å². The van der Waals surface area contributed by atoms with Gasteiger partial charge in [0.2, 0.25) is 15.9 Å². The number of hydrogen-bond acceptors (Lipinski definition) is 4. The zero-order valence-corrected chi connectivity index (χ0v) is 19.9. The van der Waals surface area contributed by atoms with E-state index in [0.717, 1.165) is 53.9 Å². The molecule has 7 nitrogen and oxygen atoms in total. The third-order valence-electron chi connectivity index (χ3n) is 6.18. The second kappa shape index (κ2) is 9.89. The van der Waals surface area contributed by atoms with Crippen LogP contribution in [-0.2, 0) is 34.2 Å². The summed E-state index contributed by atoms with van der Waals surface area (Å²) in [5, 5.41) is 7.48. The Morgan fingerprint density at radius 1 is 1.03 bits per heavy atom. The summed E-state index contributed by atoms with van der Waals surface area (Å²) in [6, 6.07) is 15.2. The molecular formula is C25H30N4O3S. The van der Waals surface area contributed by atoms with Gasteiger partial charge in [-0.15, -0.1) is 0 Å². The molecule has 0 saturated carbocycles. The molecule has 2 aromatic carbocycles. The molecule has 0 radical (unpaired) electrons. The summed E-state index contributed by atoms with van der Waals surface area (Å²) >= 11 is 0. The highest BCUT2D eigenvalue weighted by Crippen LogP contribution is 2.24. The van der Waals surface area contributed by atoms with Gasteiger partial charge in [-0.3, -0.25) is 4.79 Å². The van der Waals surface area contributed by atoms with Gasteiger partial charge in [0.1, 0.15) is 0 Å². The molecular weight excluding hydrogens is 436 g/mol. The van der Waals surface area contributed by atoms with Crippen LogP contribution in [0.25, 0.3) is 5.69 Å². The van der Waals surface area contributed by atoms with Crippen molar-refractivity contribution < 1.29 is 13.2 Å². The van der Waals surface area contributed by atoms with Crippen LogP contribution < -0.4 is 10.0 Å². The van der Waals surface area contributed by atoms with Gasteiger partial charge in [-0.1, -0.05) is 24.3 Å². The van der Waals surface area contributed by atoms with Crippen molar-refractivity contribution in [1.29, 1.82) is 0 Å². The molecule has 1 heterocycles. The molecule has 1 aromatic heterocycles. The number of nitrogens with zero attached hydrogens (tertiary/aromatic N) is 2. The van der Waals surface area contributed by atoms with Crippen molar-refractivity contribution in [3.05, 3.63) is 76.6 Å². The zero-order valence-electron chi connectivity index (χ0n) is 19.1. The van der Waals surface area contributed by atoms with Gasteiger partial charge in [-0.2, -0.15) is 5.10 Å². The largest absolute Gasteiger partial charge is 0.352 e. The molecule has 0 fully saturated rings. The number of amides is 1. The topological polar surface area (TPSA) is 93.1 Å². The average Bonchev–Trinajstić information content (AvgIpc) is 3.11. The van der Waals surface area contributed by atoms with Crippen molar-refractivity contribution >= 4 is 15.9 Å².